The Hall–Kier alpha value is -2.61. The third-order valence-corrected chi connectivity index (χ3v) is 4.51. The van der Waals surface area contributed by atoms with Crippen LogP contribution >= 0.6 is 0 Å². The summed E-state index contributed by atoms with van der Waals surface area (Å²) in [7, 11) is 0. The number of fused-ring (bicyclic) bond motifs is 1. The van der Waals surface area contributed by atoms with Gasteiger partial charge in [0.2, 0.25) is 5.95 Å². The van der Waals surface area contributed by atoms with Crippen LogP contribution in [-0.2, 0) is 6.18 Å². The van der Waals surface area contributed by atoms with E-state index >= 15 is 0 Å². The van der Waals surface area contributed by atoms with E-state index in [9.17, 15) is 13.2 Å². The molecule has 0 atom stereocenters. The number of hydrogen-bond acceptors (Lipinski definition) is 4. The van der Waals surface area contributed by atoms with E-state index in [-0.39, 0.29) is 5.65 Å². The Bertz CT molecular complexity index is 925. The average molecular weight is 391 g/mol. The Labute approximate surface area is 162 Å². The van der Waals surface area contributed by atoms with Crippen molar-refractivity contribution in [1.29, 1.82) is 0 Å². The first kappa shape index (κ1) is 20.1. The van der Waals surface area contributed by atoms with Gasteiger partial charge >= 0.3 is 6.18 Å². The molecule has 8 heteroatoms. The van der Waals surface area contributed by atoms with E-state index in [1.165, 1.54) is 4.52 Å². The Kier molecular flexibility index (Phi) is 5.88. The molecule has 0 radical (unpaired) electrons. The molecule has 0 unspecified atom stereocenters. The van der Waals surface area contributed by atoms with Gasteiger partial charge in [0.25, 0.3) is 0 Å². The van der Waals surface area contributed by atoms with Gasteiger partial charge in [0, 0.05) is 37.9 Å². The highest BCUT2D eigenvalue weighted by Crippen LogP contribution is 2.35. The second-order valence-electron chi connectivity index (χ2n) is 6.42. The zero-order chi connectivity index (χ0) is 20.3. The molecule has 4 rings (SSSR count). The van der Waals surface area contributed by atoms with Gasteiger partial charge < -0.3 is 10.2 Å². The first-order valence-corrected chi connectivity index (χ1v) is 9.42. The molecule has 0 amide bonds. The molecule has 0 spiro atoms. The Balaban J connectivity index is 0.00000109. The summed E-state index contributed by atoms with van der Waals surface area (Å²) in [6, 6.07) is 8.52. The summed E-state index contributed by atoms with van der Waals surface area (Å²) in [5, 5.41) is 7.52. The number of alkyl halides is 3. The van der Waals surface area contributed by atoms with Gasteiger partial charge in [0.1, 0.15) is 5.56 Å². The van der Waals surface area contributed by atoms with Gasteiger partial charge in [0.05, 0.1) is 0 Å². The van der Waals surface area contributed by atoms with Crippen molar-refractivity contribution in [3.8, 4) is 11.1 Å². The number of halogens is 3. The number of nitrogens with zero attached hydrogens (tertiary/aromatic N) is 4. The average Bonchev–Trinajstić information content (AvgIpc) is 3.13. The fourth-order valence-corrected chi connectivity index (χ4v) is 3.09. The molecule has 1 aliphatic heterocycles. The van der Waals surface area contributed by atoms with E-state index < -0.39 is 11.7 Å². The van der Waals surface area contributed by atoms with Gasteiger partial charge in [-0.15, -0.1) is 5.10 Å². The third-order valence-electron chi connectivity index (χ3n) is 4.51. The van der Waals surface area contributed by atoms with Gasteiger partial charge in [-0.3, -0.25) is 0 Å². The zero-order valence-electron chi connectivity index (χ0n) is 16.2. The molecule has 150 valence electrons. The van der Waals surface area contributed by atoms with Crippen molar-refractivity contribution in [1.82, 2.24) is 19.9 Å². The standard InChI is InChI=1S/C18H18F3N5.C2H6/c1-12-2-4-13(5-3-12)14-10-15(18(19,20)21)16-23-17(24-26(16)11-14)25-8-6-22-7-9-25;1-2/h2-5,10-11,22H,6-9H2,1H3;1-2H3. The maximum Gasteiger partial charge on any atom is 0.420 e. The van der Waals surface area contributed by atoms with Crippen LogP contribution < -0.4 is 10.2 Å². The van der Waals surface area contributed by atoms with Crippen LogP contribution in [0.1, 0.15) is 25.0 Å². The second-order valence-corrected chi connectivity index (χ2v) is 6.42. The van der Waals surface area contributed by atoms with Crippen LogP contribution in [0.2, 0.25) is 0 Å². The number of benzene rings is 1. The lowest BCUT2D eigenvalue weighted by Gasteiger charge is -2.25. The van der Waals surface area contributed by atoms with Crippen molar-refractivity contribution in [2.45, 2.75) is 26.9 Å². The van der Waals surface area contributed by atoms with Crippen molar-refractivity contribution in [3.05, 3.63) is 47.7 Å². The SMILES string of the molecule is CC.Cc1ccc(-c2cc(C(F)(F)F)c3nc(N4CCNCC4)nn3c2)cc1. The minimum absolute atomic E-state index is 0.165. The van der Waals surface area contributed by atoms with E-state index in [4.69, 9.17) is 0 Å². The maximum absolute atomic E-state index is 13.6. The summed E-state index contributed by atoms with van der Waals surface area (Å²) in [4.78, 5) is 6.08. The molecule has 28 heavy (non-hydrogen) atoms. The molecule has 1 fully saturated rings. The van der Waals surface area contributed by atoms with E-state index in [0.29, 0.717) is 30.2 Å². The number of aryl methyl sites for hydroxylation is 1. The first-order valence-electron chi connectivity index (χ1n) is 9.42. The molecule has 1 N–H and O–H groups in total. The molecular weight excluding hydrogens is 367 g/mol. The molecule has 1 aliphatic rings. The quantitative estimate of drug-likeness (QED) is 0.713. The Morgan fingerprint density at radius 3 is 2.25 bits per heavy atom. The molecule has 3 aromatic rings. The predicted molar refractivity (Wildman–Crippen MR) is 105 cm³/mol. The zero-order valence-corrected chi connectivity index (χ0v) is 16.2. The number of piperazine rings is 1. The molecule has 0 aliphatic carbocycles. The summed E-state index contributed by atoms with van der Waals surface area (Å²) < 4.78 is 42.1. The number of nitrogens with one attached hydrogen (secondary N) is 1. The van der Waals surface area contributed by atoms with Gasteiger partial charge in [-0.1, -0.05) is 43.7 Å². The second kappa shape index (κ2) is 8.18. The van der Waals surface area contributed by atoms with Crippen LogP contribution in [0.5, 0.6) is 0 Å². The van der Waals surface area contributed by atoms with Crippen LogP contribution in [0.15, 0.2) is 36.5 Å². The van der Waals surface area contributed by atoms with E-state index in [1.807, 2.05) is 49.9 Å². The Morgan fingerprint density at radius 1 is 1.00 bits per heavy atom. The highest BCUT2D eigenvalue weighted by atomic mass is 19.4. The van der Waals surface area contributed by atoms with E-state index in [0.717, 1.165) is 24.7 Å². The number of pyridine rings is 1. The van der Waals surface area contributed by atoms with Crippen LogP contribution in [0, 0.1) is 6.92 Å². The number of anilines is 1. The monoisotopic (exact) mass is 391 g/mol. The van der Waals surface area contributed by atoms with Crippen molar-refractivity contribution >= 4 is 11.6 Å². The van der Waals surface area contributed by atoms with Gasteiger partial charge in [-0.05, 0) is 18.6 Å². The lowest BCUT2D eigenvalue weighted by molar-refractivity contribution is -0.136. The summed E-state index contributed by atoms with van der Waals surface area (Å²) in [5.74, 6) is 0.332. The predicted octanol–water partition coefficient (Wildman–Crippen LogP) is 4.16. The summed E-state index contributed by atoms with van der Waals surface area (Å²) in [5.41, 5.74) is 1.28. The fraction of sp³-hybridized carbons (Fsp3) is 0.400. The third kappa shape index (κ3) is 4.11. The minimum atomic E-state index is -4.50. The van der Waals surface area contributed by atoms with Crippen LogP contribution in [-0.4, -0.2) is 40.8 Å². The van der Waals surface area contributed by atoms with Crippen LogP contribution in [0.3, 0.4) is 0 Å². The Morgan fingerprint density at radius 2 is 1.64 bits per heavy atom. The lowest BCUT2D eigenvalue weighted by Crippen LogP contribution is -2.44. The molecule has 1 saturated heterocycles. The van der Waals surface area contributed by atoms with Crippen molar-refractivity contribution in [2.75, 3.05) is 31.1 Å². The highest BCUT2D eigenvalue weighted by Gasteiger charge is 2.35. The molecule has 2 aromatic heterocycles. The molecule has 5 nitrogen and oxygen atoms in total. The van der Waals surface area contributed by atoms with E-state index in [2.05, 4.69) is 15.4 Å². The lowest BCUT2D eigenvalue weighted by atomic mass is 10.0. The smallest absolute Gasteiger partial charge is 0.337 e. The molecule has 0 saturated carbocycles. The molecular formula is C20H24F3N5. The summed E-state index contributed by atoms with van der Waals surface area (Å²) >= 11 is 0. The topological polar surface area (TPSA) is 45.5 Å². The van der Waals surface area contributed by atoms with Gasteiger partial charge in [-0.2, -0.15) is 18.2 Å². The van der Waals surface area contributed by atoms with Crippen LogP contribution in [0.25, 0.3) is 16.8 Å². The van der Waals surface area contributed by atoms with Crippen molar-refractivity contribution in [3.63, 3.8) is 0 Å². The largest absolute Gasteiger partial charge is 0.420 e. The summed E-state index contributed by atoms with van der Waals surface area (Å²) in [6.45, 7) is 8.80. The maximum atomic E-state index is 13.6. The van der Waals surface area contributed by atoms with Gasteiger partial charge in [-0.25, -0.2) is 4.52 Å². The van der Waals surface area contributed by atoms with Crippen molar-refractivity contribution < 1.29 is 13.2 Å². The van der Waals surface area contributed by atoms with Crippen molar-refractivity contribution in [2.24, 2.45) is 0 Å². The molecule has 0 bridgehead atoms. The number of rotatable bonds is 2. The number of hydrogen-bond donors (Lipinski definition) is 1. The van der Waals surface area contributed by atoms with Gasteiger partial charge in [0.15, 0.2) is 5.65 Å². The van der Waals surface area contributed by atoms with E-state index in [1.54, 1.807) is 6.20 Å². The number of aromatic nitrogens is 3. The molecule has 3 heterocycles. The first-order chi connectivity index (χ1) is 13.4. The van der Waals surface area contributed by atoms with Crippen LogP contribution in [0.4, 0.5) is 19.1 Å². The molecule has 1 aromatic carbocycles. The minimum Gasteiger partial charge on any atom is -0.337 e. The summed E-state index contributed by atoms with van der Waals surface area (Å²) in [6.07, 6.45) is -2.90. The fourth-order valence-electron chi connectivity index (χ4n) is 3.09. The highest BCUT2D eigenvalue weighted by molar-refractivity contribution is 5.68. The normalized spacial score (nSPS) is 14.7.